The van der Waals surface area contributed by atoms with E-state index in [-0.39, 0.29) is 12.4 Å². The summed E-state index contributed by atoms with van der Waals surface area (Å²) in [5.41, 5.74) is 1.74. The average Bonchev–Trinajstić information content (AvgIpc) is 2.73. The van der Waals surface area contributed by atoms with E-state index >= 15 is 0 Å². The molecule has 0 saturated heterocycles. The predicted molar refractivity (Wildman–Crippen MR) is 100 cm³/mol. The van der Waals surface area contributed by atoms with Crippen LogP contribution in [0.1, 0.15) is 21.5 Å². The van der Waals surface area contributed by atoms with Gasteiger partial charge in [0.1, 0.15) is 12.4 Å². The summed E-state index contributed by atoms with van der Waals surface area (Å²) in [5.74, 6) is -3.02. The van der Waals surface area contributed by atoms with Crippen LogP contribution in [0.15, 0.2) is 83.8 Å². The van der Waals surface area contributed by atoms with Gasteiger partial charge in [-0.05, 0) is 42.0 Å². The van der Waals surface area contributed by atoms with Crippen LogP contribution in [0.5, 0.6) is 5.75 Å². The number of carbonyl (C=O) groups excluding carboxylic acids is 1. The first-order valence-corrected chi connectivity index (χ1v) is 9.86. The Morgan fingerprint density at radius 1 is 0.821 bits per heavy atom. The van der Waals surface area contributed by atoms with Crippen LogP contribution in [0.2, 0.25) is 0 Å². The highest BCUT2D eigenvalue weighted by Gasteiger charge is 2.26. The van der Waals surface area contributed by atoms with Crippen LogP contribution in [-0.4, -0.2) is 20.0 Å². The molecule has 3 aromatic carbocycles. The molecule has 0 heterocycles. The molecule has 3 aromatic rings. The first-order chi connectivity index (χ1) is 13.4. The zero-order valence-corrected chi connectivity index (χ0v) is 15.4. The molecule has 0 radical (unpaired) electrons. The quantitative estimate of drug-likeness (QED) is 0.546. The molecule has 0 bridgehead atoms. The van der Waals surface area contributed by atoms with E-state index in [0.29, 0.717) is 22.4 Å². The van der Waals surface area contributed by atoms with Crippen molar-refractivity contribution >= 4 is 15.6 Å². The summed E-state index contributed by atoms with van der Waals surface area (Å²) in [6.07, 6.45) is 0. The maximum Gasteiger partial charge on any atom is 0.341 e. The fourth-order valence-electron chi connectivity index (χ4n) is 2.50. The number of sulfone groups is 1. The molecule has 7 heteroatoms. The van der Waals surface area contributed by atoms with E-state index in [9.17, 15) is 22.0 Å². The van der Waals surface area contributed by atoms with Gasteiger partial charge in [0.25, 0.3) is 0 Å². The van der Waals surface area contributed by atoms with E-state index in [0.717, 1.165) is 12.1 Å². The van der Waals surface area contributed by atoms with Crippen molar-refractivity contribution in [2.75, 3.05) is 0 Å². The first-order valence-electron chi connectivity index (χ1n) is 8.31. The lowest BCUT2D eigenvalue weighted by atomic mass is 10.0. The summed E-state index contributed by atoms with van der Waals surface area (Å²) in [6, 6.07) is 20.6. The van der Waals surface area contributed by atoms with Crippen molar-refractivity contribution in [2.45, 2.75) is 17.3 Å². The van der Waals surface area contributed by atoms with Gasteiger partial charge in [0, 0.05) is 11.1 Å². The third-order valence-corrected chi connectivity index (χ3v) is 5.44. The zero-order chi connectivity index (χ0) is 20.1. The third kappa shape index (κ3) is 4.43. The molecular weight excluding hydrogens is 386 g/mol. The molecule has 28 heavy (non-hydrogen) atoms. The first kappa shape index (κ1) is 19.7. The number of halogens is 2. The molecular formula is C21H16F2O4S. The molecule has 0 saturated carbocycles. The smallest absolute Gasteiger partial charge is 0.341 e. The highest BCUT2D eigenvalue weighted by atomic mass is 32.2. The van der Waals surface area contributed by atoms with E-state index in [4.69, 9.17) is 4.74 Å². The second-order valence-corrected chi connectivity index (χ2v) is 7.88. The topological polar surface area (TPSA) is 60.4 Å². The maximum absolute atomic E-state index is 12.5. The number of alkyl halides is 2. The monoisotopic (exact) mass is 402 g/mol. The average molecular weight is 402 g/mol. The Balaban J connectivity index is 1.63. The lowest BCUT2D eigenvalue weighted by Gasteiger charge is -2.08. The Kier molecular flexibility index (Phi) is 5.84. The molecule has 3 rings (SSSR count). The number of hydrogen-bond acceptors (Lipinski definition) is 4. The van der Waals surface area contributed by atoms with Crippen LogP contribution < -0.4 is 4.74 Å². The van der Waals surface area contributed by atoms with Gasteiger partial charge in [0.15, 0.2) is 5.78 Å². The van der Waals surface area contributed by atoms with Crippen LogP contribution in [0.4, 0.5) is 8.78 Å². The maximum atomic E-state index is 12.5. The van der Waals surface area contributed by atoms with Crippen LogP contribution in [-0.2, 0) is 16.4 Å². The van der Waals surface area contributed by atoms with Gasteiger partial charge in [-0.2, -0.15) is 8.78 Å². The molecule has 0 aliphatic heterocycles. The lowest BCUT2D eigenvalue weighted by molar-refractivity contribution is 0.103. The lowest BCUT2D eigenvalue weighted by Crippen LogP contribution is -2.11. The van der Waals surface area contributed by atoms with E-state index in [1.165, 1.54) is 12.1 Å². The van der Waals surface area contributed by atoms with E-state index in [2.05, 4.69) is 0 Å². The summed E-state index contributed by atoms with van der Waals surface area (Å²) in [4.78, 5) is 11.9. The highest BCUT2D eigenvalue weighted by molar-refractivity contribution is 7.91. The second-order valence-electron chi connectivity index (χ2n) is 5.96. The molecule has 0 unspecified atom stereocenters. The van der Waals surface area contributed by atoms with Crippen LogP contribution >= 0.6 is 0 Å². The Labute approximate surface area is 161 Å². The Morgan fingerprint density at radius 3 is 1.96 bits per heavy atom. The van der Waals surface area contributed by atoms with E-state index < -0.39 is 20.5 Å². The van der Waals surface area contributed by atoms with Crippen molar-refractivity contribution in [3.63, 3.8) is 0 Å². The van der Waals surface area contributed by atoms with Crippen molar-refractivity contribution < 1.29 is 26.7 Å². The van der Waals surface area contributed by atoms with E-state index in [1.807, 2.05) is 6.07 Å². The predicted octanol–water partition coefficient (Wildman–Crippen LogP) is 4.49. The minimum Gasteiger partial charge on any atom is -0.489 e. The number of ether oxygens (including phenoxy) is 1. The number of ketones is 1. The standard InChI is InChI=1S/C21H16F2O4S/c22-21(23)28(25,26)19-12-6-15(7-13-19)14-27-18-10-8-17(9-11-18)20(24)16-4-2-1-3-5-16/h1-13,21H,14H2. The third-order valence-electron chi connectivity index (χ3n) is 4.04. The molecule has 0 aromatic heterocycles. The summed E-state index contributed by atoms with van der Waals surface area (Å²) in [7, 11) is -4.60. The van der Waals surface area contributed by atoms with Crippen molar-refractivity contribution in [3.05, 3.63) is 95.6 Å². The van der Waals surface area contributed by atoms with Crippen LogP contribution in [0, 0.1) is 0 Å². The summed E-state index contributed by atoms with van der Waals surface area (Å²) >= 11 is 0. The van der Waals surface area contributed by atoms with Gasteiger partial charge in [-0.1, -0.05) is 42.5 Å². The molecule has 0 aliphatic carbocycles. The number of rotatable bonds is 7. The summed E-state index contributed by atoms with van der Waals surface area (Å²) in [6.45, 7) is 0.126. The minimum absolute atomic E-state index is 0.0945. The van der Waals surface area contributed by atoms with Crippen LogP contribution in [0.25, 0.3) is 0 Å². The highest BCUT2D eigenvalue weighted by Crippen LogP contribution is 2.20. The molecule has 4 nitrogen and oxygen atoms in total. The zero-order valence-electron chi connectivity index (χ0n) is 14.6. The molecule has 0 amide bonds. The second kappa shape index (κ2) is 8.31. The molecule has 0 spiro atoms. The Bertz CT molecular complexity index is 1050. The molecule has 0 N–H and O–H groups in total. The Hall–Kier alpha value is -3.06. The molecule has 0 aliphatic rings. The van der Waals surface area contributed by atoms with Crippen molar-refractivity contribution in [3.8, 4) is 5.75 Å². The van der Waals surface area contributed by atoms with Gasteiger partial charge in [0.2, 0.25) is 9.84 Å². The fourth-order valence-corrected chi connectivity index (χ4v) is 3.22. The van der Waals surface area contributed by atoms with Gasteiger partial charge < -0.3 is 4.74 Å². The minimum atomic E-state index is -4.60. The van der Waals surface area contributed by atoms with Crippen LogP contribution in [0.3, 0.4) is 0 Å². The van der Waals surface area contributed by atoms with Gasteiger partial charge in [-0.15, -0.1) is 0 Å². The number of hydrogen-bond donors (Lipinski definition) is 0. The van der Waals surface area contributed by atoms with Crippen molar-refractivity contribution in [1.82, 2.24) is 0 Å². The summed E-state index contributed by atoms with van der Waals surface area (Å²) in [5, 5.41) is 0. The summed E-state index contributed by atoms with van der Waals surface area (Å²) < 4.78 is 53.5. The Morgan fingerprint density at radius 2 is 1.39 bits per heavy atom. The van der Waals surface area contributed by atoms with Crippen molar-refractivity contribution in [1.29, 1.82) is 0 Å². The molecule has 0 atom stereocenters. The van der Waals surface area contributed by atoms with Crippen molar-refractivity contribution in [2.24, 2.45) is 0 Å². The van der Waals surface area contributed by atoms with Gasteiger partial charge >= 0.3 is 5.76 Å². The van der Waals surface area contributed by atoms with Gasteiger partial charge in [-0.25, -0.2) is 8.42 Å². The normalized spacial score (nSPS) is 11.4. The number of carbonyl (C=O) groups is 1. The van der Waals surface area contributed by atoms with Gasteiger partial charge in [-0.3, -0.25) is 4.79 Å². The fraction of sp³-hybridized carbons (Fsp3) is 0.0952. The van der Waals surface area contributed by atoms with Gasteiger partial charge in [0.05, 0.1) is 4.90 Å². The number of benzene rings is 3. The SMILES string of the molecule is O=C(c1ccccc1)c1ccc(OCc2ccc(S(=O)(=O)C(F)F)cc2)cc1. The largest absolute Gasteiger partial charge is 0.489 e. The molecule has 0 fully saturated rings. The molecule has 144 valence electrons. The van der Waals surface area contributed by atoms with E-state index in [1.54, 1.807) is 48.5 Å².